The van der Waals surface area contributed by atoms with Gasteiger partial charge in [-0.25, -0.2) is 4.68 Å². The fraction of sp³-hybridized carbons (Fsp3) is 0.636. The largest absolute Gasteiger partial charge is 0.352 e. The van der Waals surface area contributed by atoms with Crippen LogP contribution in [0.5, 0.6) is 0 Å². The van der Waals surface area contributed by atoms with Crippen LogP contribution in [0, 0.1) is 5.92 Å². The van der Waals surface area contributed by atoms with Crippen molar-refractivity contribution in [1.29, 1.82) is 0 Å². The Hall–Kier alpha value is -1.92. The molecule has 0 radical (unpaired) electrons. The minimum absolute atomic E-state index is 0.00974. The smallest absolute Gasteiger partial charge is 0.242 e. The summed E-state index contributed by atoms with van der Waals surface area (Å²) in [5, 5.41) is 13.2. The van der Waals surface area contributed by atoms with Crippen molar-refractivity contribution in [3.8, 4) is 0 Å². The van der Waals surface area contributed by atoms with Gasteiger partial charge in [-0.2, -0.15) is 0 Å². The molecule has 0 atom stereocenters. The lowest BCUT2D eigenvalue weighted by atomic mass is 10.4. The summed E-state index contributed by atoms with van der Waals surface area (Å²) in [5.74, 6) is 0.464. The van der Waals surface area contributed by atoms with Crippen LogP contribution in [0.3, 0.4) is 0 Å². The highest BCUT2D eigenvalue weighted by Crippen LogP contribution is 2.29. The first-order valence-electron chi connectivity index (χ1n) is 6.21. The Labute approximate surface area is 104 Å². The molecule has 1 aromatic heterocycles. The lowest BCUT2D eigenvalue weighted by molar-refractivity contribution is -0.122. The minimum Gasteiger partial charge on any atom is -0.352 e. The van der Waals surface area contributed by atoms with Gasteiger partial charge in [0.25, 0.3) is 0 Å². The second-order valence-electron chi connectivity index (χ2n) is 4.91. The highest BCUT2D eigenvalue weighted by atomic mass is 16.2. The van der Waals surface area contributed by atoms with Crippen molar-refractivity contribution >= 4 is 17.6 Å². The SMILES string of the molecule is O=C(Cn1cc(NC(=O)C2CC2)nn1)NC1CC1. The molecule has 0 unspecified atom stereocenters. The van der Waals surface area contributed by atoms with Gasteiger partial charge in [0.15, 0.2) is 5.82 Å². The third-order valence-electron chi connectivity index (χ3n) is 2.99. The molecule has 2 fully saturated rings. The average Bonchev–Trinajstić information content (AvgIpc) is 3.20. The maximum absolute atomic E-state index is 11.5. The summed E-state index contributed by atoms with van der Waals surface area (Å²) >= 11 is 0. The van der Waals surface area contributed by atoms with E-state index < -0.39 is 0 Å². The van der Waals surface area contributed by atoms with Crippen LogP contribution >= 0.6 is 0 Å². The van der Waals surface area contributed by atoms with E-state index in [4.69, 9.17) is 0 Å². The number of hydrogen-bond donors (Lipinski definition) is 2. The van der Waals surface area contributed by atoms with Crippen molar-refractivity contribution in [3.63, 3.8) is 0 Å². The number of carbonyl (C=O) groups is 2. The third kappa shape index (κ3) is 2.85. The Bertz CT molecular complexity index is 476. The van der Waals surface area contributed by atoms with E-state index in [0.29, 0.717) is 11.9 Å². The highest BCUT2D eigenvalue weighted by molar-refractivity contribution is 5.93. The molecule has 96 valence electrons. The standard InChI is InChI=1S/C11H15N5O2/c17-10(12-8-3-4-8)6-16-5-9(14-15-16)13-11(18)7-1-2-7/h5,7-8H,1-4,6H2,(H,12,17)(H,13,18). The zero-order valence-corrected chi connectivity index (χ0v) is 9.93. The first kappa shape index (κ1) is 11.2. The molecular formula is C11H15N5O2. The summed E-state index contributed by atoms with van der Waals surface area (Å²) in [6.07, 6.45) is 5.60. The topological polar surface area (TPSA) is 88.9 Å². The van der Waals surface area contributed by atoms with Crippen molar-refractivity contribution in [2.24, 2.45) is 5.92 Å². The highest BCUT2D eigenvalue weighted by Gasteiger charge is 2.30. The summed E-state index contributed by atoms with van der Waals surface area (Å²) in [6.45, 7) is 0.142. The molecule has 0 aromatic carbocycles. The van der Waals surface area contributed by atoms with Gasteiger partial charge in [0.05, 0.1) is 6.20 Å². The second kappa shape index (κ2) is 4.40. The van der Waals surface area contributed by atoms with Gasteiger partial charge in [0.2, 0.25) is 11.8 Å². The molecular weight excluding hydrogens is 234 g/mol. The molecule has 7 heteroatoms. The zero-order valence-electron chi connectivity index (χ0n) is 9.93. The lowest BCUT2D eigenvalue weighted by Crippen LogP contribution is -2.29. The maximum atomic E-state index is 11.5. The van der Waals surface area contributed by atoms with Crippen molar-refractivity contribution < 1.29 is 9.59 Å². The first-order chi connectivity index (χ1) is 8.70. The Kier molecular flexibility index (Phi) is 2.73. The number of aromatic nitrogens is 3. The average molecular weight is 249 g/mol. The van der Waals surface area contributed by atoms with Gasteiger partial charge in [0.1, 0.15) is 6.54 Å². The van der Waals surface area contributed by atoms with Crippen LogP contribution in [0.4, 0.5) is 5.82 Å². The van der Waals surface area contributed by atoms with E-state index in [1.54, 1.807) is 6.20 Å². The molecule has 3 rings (SSSR count). The van der Waals surface area contributed by atoms with Gasteiger partial charge in [-0.15, -0.1) is 5.10 Å². The number of nitrogens with zero attached hydrogens (tertiary/aromatic N) is 3. The van der Waals surface area contributed by atoms with E-state index in [2.05, 4.69) is 20.9 Å². The molecule has 2 N–H and O–H groups in total. The van der Waals surface area contributed by atoms with Crippen molar-refractivity contribution in [3.05, 3.63) is 6.20 Å². The van der Waals surface area contributed by atoms with Crippen LogP contribution in [0.2, 0.25) is 0 Å². The van der Waals surface area contributed by atoms with Crippen LogP contribution in [-0.4, -0.2) is 32.9 Å². The van der Waals surface area contributed by atoms with E-state index in [1.165, 1.54) is 4.68 Å². The van der Waals surface area contributed by atoms with Crippen molar-refractivity contribution in [2.45, 2.75) is 38.3 Å². The molecule has 2 aliphatic carbocycles. The molecule has 18 heavy (non-hydrogen) atoms. The Morgan fingerprint density at radius 3 is 2.78 bits per heavy atom. The van der Waals surface area contributed by atoms with Gasteiger partial charge in [-0.1, -0.05) is 5.21 Å². The predicted octanol–water partition coefficient (Wildman–Crippen LogP) is -0.0948. The van der Waals surface area contributed by atoms with Gasteiger partial charge < -0.3 is 10.6 Å². The number of anilines is 1. The van der Waals surface area contributed by atoms with E-state index in [0.717, 1.165) is 25.7 Å². The summed E-state index contributed by atoms with van der Waals surface area (Å²) in [6, 6.07) is 0.343. The van der Waals surface area contributed by atoms with Crippen LogP contribution < -0.4 is 10.6 Å². The zero-order chi connectivity index (χ0) is 12.5. The van der Waals surface area contributed by atoms with E-state index in [1.807, 2.05) is 0 Å². The quantitative estimate of drug-likeness (QED) is 0.763. The minimum atomic E-state index is -0.0672. The summed E-state index contributed by atoms with van der Waals surface area (Å²) in [7, 11) is 0. The van der Waals surface area contributed by atoms with Gasteiger partial charge in [0, 0.05) is 12.0 Å². The van der Waals surface area contributed by atoms with Crippen LogP contribution in [0.25, 0.3) is 0 Å². The van der Waals surface area contributed by atoms with Crippen LogP contribution in [0.1, 0.15) is 25.7 Å². The number of carbonyl (C=O) groups excluding carboxylic acids is 2. The summed E-state index contributed by atoms with van der Waals surface area (Å²) in [5.41, 5.74) is 0. The number of amides is 2. The van der Waals surface area contributed by atoms with E-state index in [-0.39, 0.29) is 24.3 Å². The predicted molar refractivity (Wildman–Crippen MR) is 62.5 cm³/mol. The van der Waals surface area contributed by atoms with Crippen LogP contribution in [0.15, 0.2) is 6.20 Å². The summed E-state index contributed by atoms with van der Waals surface area (Å²) < 4.78 is 1.43. The molecule has 0 spiro atoms. The summed E-state index contributed by atoms with van der Waals surface area (Å²) in [4.78, 5) is 23.0. The Morgan fingerprint density at radius 1 is 1.33 bits per heavy atom. The van der Waals surface area contributed by atoms with Crippen molar-refractivity contribution in [1.82, 2.24) is 20.3 Å². The fourth-order valence-electron chi connectivity index (χ4n) is 1.65. The van der Waals surface area contributed by atoms with Gasteiger partial charge in [-0.05, 0) is 25.7 Å². The molecule has 0 aliphatic heterocycles. The molecule has 0 saturated heterocycles. The molecule has 1 aromatic rings. The molecule has 2 saturated carbocycles. The normalized spacial score (nSPS) is 18.4. The van der Waals surface area contributed by atoms with E-state index >= 15 is 0 Å². The molecule has 2 amide bonds. The van der Waals surface area contributed by atoms with Crippen LogP contribution in [-0.2, 0) is 16.1 Å². The molecule has 0 bridgehead atoms. The number of nitrogens with one attached hydrogen (secondary N) is 2. The monoisotopic (exact) mass is 249 g/mol. The number of rotatable bonds is 5. The van der Waals surface area contributed by atoms with E-state index in [9.17, 15) is 9.59 Å². The molecule has 2 aliphatic rings. The lowest BCUT2D eigenvalue weighted by Gasteiger charge is -2.01. The Morgan fingerprint density at radius 2 is 2.11 bits per heavy atom. The number of hydrogen-bond acceptors (Lipinski definition) is 4. The molecule has 1 heterocycles. The Balaban J connectivity index is 1.51. The van der Waals surface area contributed by atoms with Crippen molar-refractivity contribution in [2.75, 3.05) is 5.32 Å². The maximum Gasteiger partial charge on any atom is 0.242 e. The fourth-order valence-corrected chi connectivity index (χ4v) is 1.65. The second-order valence-corrected chi connectivity index (χ2v) is 4.91. The van der Waals surface area contributed by atoms with Gasteiger partial charge >= 0.3 is 0 Å². The molecule has 7 nitrogen and oxygen atoms in total. The third-order valence-corrected chi connectivity index (χ3v) is 2.99. The van der Waals surface area contributed by atoms with Gasteiger partial charge in [-0.3, -0.25) is 9.59 Å². The first-order valence-corrected chi connectivity index (χ1v) is 6.21.